The molecule has 0 fully saturated rings. The highest BCUT2D eigenvalue weighted by atomic mass is 19.1. The molecule has 0 saturated heterocycles. The summed E-state index contributed by atoms with van der Waals surface area (Å²) in [5, 5.41) is 17.3. The van der Waals surface area contributed by atoms with Gasteiger partial charge in [0.25, 0.3) is 0 Å². The highest BCUT2D eigenvalue weighted by Crippen LogP contribution is 2.35. The molecule has 0 spiro atoms. The van der Waals surface area contributed by atoms with Crippen LogP contribution in [0.15, 0.2) is 52.7 Å². The van der Waals surface area contributed by atoms with Crippen molar-refractivity contribution in [3.05, 3.63) is 54.1 Å². The number of hydrogen-bond donors (Lipinski definition) is 2. The highest BCUT2D eigenvalue weighted by Gasteiger charge is 2.12. The Labute approximate surface area is 134 Å². The molecule has 6 nitrogen and oxygen atoms in total. The number of hydrogen-bond acceptors (Lipinski definition) is 4. The Morgan fingerprint density at radius 1 is 1.17 bits per heavy atom. The molecular formula is C16H11F2N3O3. The molecule has 2 aromatic carbocycles. The Morgan fingerprint density at radius 3 is 2.75 bits per heavy atom. The molecule has 1 amide bonds. The molecule has 2 N–H and O–H groups in total. The molecule has 0 atom stereocenters. The number of carbonyl (C=O) groups excluding carboxylic acids is 1. The van der Waals surface area contributed by atoms with Crippen LogP contribution in [-0.2, 0) is 4.79 Å². The monoisotopic (exact) mass is 331 g/mol. The van der Waals surface area contributed by atoms with Crippen molar-refractivity contribution < 1.29 is 23.4 Å². The number of fused-ring (bicyclic) bond motifs is 1. The van der Waals surface area contributed by atoms with Gasteiger partial charge in [-0.25, -0.2) is 8.78 Å². The molecule has 24 heavy (non-hydrogen) atoms. The molecule has 1 heterocycles. The predicted octanol–water partition coefficient (Wildman–Crippen LogP) is 3.84. The second kappa shape index (κ2) is 6.45. The van der Waals surface area contributed by atoms with Crippen LogP contribution in [0.1, 0.15) is 0 Å². The third kappa shape index (κ3) is 3.37. The van der Waals surface area contributed by atoms with E-state index in [1.54, 1.807) is 0 Å². The maximum atomic E-state index is 13.1. The lowest BCUT2D eigenvalue weighted by Gasteiger charge is -2.02. The molecule has 0 aliphatic rings. The van der Waals surface area contributed by atoms with Crippen molar-refractivity contribution in [2.45, 2.75) is 0 Å². The lowest BCUT2D eigenvalue weighted by Crippen LogP contribution is -2.07. The summed E-state index contributed by atoms with van der Waals surface area (Å²) >= 11 is 0. The minimum Gasteiger partial charge on any atom is -0.493 e. The van der Waals surface area contributed by atoms with Crippen molar-refractivity contribution in [3.8, 4) is 11.6 Å². The van der Waals surface area contributed by atoms with E-state index in [1.807, 2.05) is 0 Å². The van der Waals surface area contributed by atoms with Crippen LogP contribution in [0.5, 0.6) is 11.6 Å². The topological polar surface area (TPSA) is 87.0 Å². The summed E-state index contributed by atoms with van der Waals surface area (Å²) in [6.45, 7) is -0.440. The number of aromatic nitrogens is 1. The zero-order valence-electron chi connectivity index (χ0n) is 12.2. The van der Waals surface area contributed by atoms with Gasteiger partial charge in [0.05, 0.1) is 5.52 Å². The van der Waals surface area contributed by atoms with Crippen LogP contribution >= 0.6 is 0 Å². The maximum Gasteiger partial charge on any atom is 0.302 e. The van der Waals surface area contributed by atoms with E-state index in [-0.39, 0.29) is 17.3 Å². The average molecular weight is 331 g/mol. The molecule has 3 aromatic rings. The summed E-state index contributed by atoms with van der Waals surface area (Å²) in [6, 6.07) is 9.10. The van der Waals surface area contributed by atoms with Crippen LogP contribution in [0, 0.1) is 11.6 Å². The first-order valence-electron chi connectivity index (χ1n) is 6.86. The number of benzene rings is 2. The van der Waals surface area contributed by atoms with E-state index in [0.717, 1.165) is 6.07 Å². The molecule has 0 unspecified atom stereocenters. The molecule has 0 bridgehead atoms. The summed E-state index contributed by atoms with van der Waals surface area (Å²) in [4.78, 5) is 14.2. The number of rotatable bonds is 4. The zero-order chi connectivity index (χ0) is 17.1. The average Bonchev–Trinajstić information content (AvgIpc) is 2.85. The van der Waals surface area contributed by atoms with Gasteiger partial charge in [-0.1, -0.05) is 6.07 Å². The third-order valence-corrected chi connectivity index (χ3v) is 3.13. The molecular weight excluding hydrogens is 320 g/mol. The summed E-state index contributed by atoms with van der Waals surface area (Å²) < 4.78 is 31.2. The fourth-order valence-electron chi connectivity index (χ4n) is 2.08. The lowest BCUT2D eigenvalue weighted by molar-refractivity contribution is -0.120. The summed E-state index contributed by atoms with van der Waals surface area (Å²) in [7, 11) is 0. The number of azo groups is 1. The van der Waals surface area contributed by atoms with Crippen LogP contribution in [0.4, 0.5) is 14.5 Å². The van der Waals surface area contributed by atoms with Gasteiger partial charge in [0, 0.05) is 11.5 Å². The first kappa shape index (κ1) is 15.6. The van der Waals surface area contributed by atoms with Crippen LogP contribution < -0.4 is 4.74 Å². The van der Waals surface area contributed by atoms with Gasteiger partial charge in [-0.15, -0.1) is 10.2 Å². The van der Waals surface area contributed by atoms with E-state index in [1.165, 1.54) is 36.4 Å². The number of ether oxygens (including phenoxy) is 1. The van der Waals surface area contributed by atoms with Crippen molar-refractivity contribution in [1.29, 1.82) is 0 Å². The minimum absolute atomic E-state index is 0.0177. The number of halogens is 2. The van der Waals surface area contributed by atoms with Crippen LogP contribution in [0.3, 0.4) is 0 Å². The quantitative estimate of drug-likeness (QED) is 0.712. The van der Waals surface area contributed by atoms with E-state index < -0.39 is 24.1 Å². The Bertz CT molecular complexity index is 937. The Balaban J connectivity index is 1.71. The largest absolute Gasteiger partial charge is 0.493 e. The molecule has 0 saturated carbocycles. The number of aromatic amines is 1. The number of carbonyl (C=O) groups is 1. The van der Waals surface area contributed by atoms with Crippen LogP contribution in [0.25, 0.3) is 10.9 Å². The fourth-order valence-corrected chi connectivity index (χ4v) is 2.08. The molecule has 0 aliphatic heterocycles. The second-order valence-corrected chi connectivity index (χ2v) is 4.85. The van der Waals surface area contributed by atoms with Gasteiger partial charge in [0.15, 0.2) is 12.3 Å². The second-order valence-electron chi connectivity index (χ2n) is 4.85. The van der Waals surface area contributed by atoms with E-state index in [0.29, 0.717) is 10.9 Å². The van der Waals surface area contributed by atoms with Gasteiger partial charge >= 0.3 is 5.91 Å². The standard InChI is InChI=1S/C16H11F2N3O3/c17-9-2-1-3-11(6-9)24-8-14(22)20-21-15-12-5-4-10(18)7-13(12)19-16(15)23/h1-7,19,23H,8H2. The van der Waals surface area contributed by atoms with Gasteiger partial charge in [0.1, 0.15) is 17.4 Å². The van der Waals surface area contributed by atoms with Gasteiger partial charge in [0.2, 0.25) is 5.88 Å². The van der Waals surface area contributed by atoms with Gasteiger partial charge < -0.3 is 14.8 Å². The van der Waals surface area contributed by atoms with Crippen molar-refractivity contribution >= 4 is 22.5 Å². The Morgan fingerprint density at radius 2 is 1.96 bits per heavy atom. The van der Waals surface area contributed by atoms with E-state index in [2.05, 4.69) is 15.2 Å². The van der Waals surface area contributed by atoms with E-state index >= 15 is 0 Å². The number of nitrogens with one attached hydrogen (secondary N) is 1. The first-order valence-corrected chi connectivity index (χ1v) is 6.86. The summed E-state index contributed by atoms with van der Waals surface area (Å²) in [5.74, 6) is -1.85. The molecule has 8 heteroatoms. The van der Waals surface area contributed by atoms with Gasteiger partial charge in [-0.05, 0) is 30.3 Å². The smallest absolute Gasteiger partial charge is 0.302 e. The van der Waals surface area contributed by atoms with Gasteiger partial charge in [-0.3, -0.25) is 4.79 Å². The molecule has 122 valence electrons. The van der Waals surface area contributed by atoms with Crippen molar-refractivity contribution in [1.82, 2.24) is 4.98 Å². The molecule has 0 radical (unpaired) electrons. The van der Waals surface area contributed by atoms with Crippen molar-refractivity contribution in [2.75, 3.05) is 6.61 Å². The van der Waals surface area contributed by atoms with Crippen molar-refractivity contribution in [3.63, 3.8) is 0 Å². The van der Waals surface area contributed by atoms with Crippen molar-refractivity contribution in [2.24, 2.45) is 10.2 Å². The van der Waals surface area contributed by atoms with Gasteiger partial charge in [-0.2, -0.15) is 0 Å². The SMILES string of the molecule is O=C(COc1cccc(F)c1)N=Nc1c(O)[nH]c2cc(F)ccc12. The molecule has 0 aliphatic carbocycles. The lowest BCUT2D eigenvalue weighted by atomic mass is 10.2. The van der Waals surface area contributed by atoms with E-state index in [4.69, 9.17) is 4.74 Å². The number of H-pyrrole nitrogens is 1. The number of aromatic hydroxyl groups is 1. The fraction of sp³-hybridized carbons (Fsp3) is 0.0625. The Kier molecular flexibility index (Phi) is 4.19. The molecule has 3 rings (SSSR count). The third-order valence-electron chi connectivity index (χ3n) is 3.13. The summed E-state index contributed by atoms with van der Waals surface area (Å²) in [6.07, 6.45) is 0. The summed E-state index contributed by atoms with van der Waals surface area (Å²) in [5.41, 5.74) is 0.342. The number of nitrogens with zero attached hydrogens (tertiary/aromatic N) is 2. The maximum absolute atomic E-state index is 13.1. The highest BCUT2D eigenvalue weighted by molar-refractivity contribution is 5.94. The van der Waals surface area contributed by atoms with Crippen LogP contribution in [-0.4, -0.2) is 22.6 Å². The molecule has 1 aromatic heterocycles. The zero-order valence-corrected chi connectivity index (χ0v) is 12.2. The normalized spacial score (nSPS) is 11.2. The first-order chi connectivity index (χ1) is 11.5. The van der Waals surface area contributed by atoms with E-state index in [9.17, 15) is 18.7 Å². The van der Waals surface area contributed by atoms with Crippen LogP contribution in [0.2, 0.25) is 0 Å². The number of amides is 1. The minimum atomic E-state index is -0.727. The predicted molar refractivity (Wildman–Crippen MR) is 81.3 cm³/mol. The Hall–Kier alpha value is -3.29.